The van der Waals surface area contributed by atoms with Crippen LogP contribution in [0, 0.1) is 0 Å². The zero-order valence-corrected chi connectivity index (χ0v) is 9.28. The summed E-state index contributed by atoms with van der Waals surface area (Å²) in [5, 5.41) is 3.55. The number of ether oxygens (including phenoxy) is 2. The van der Waals surface area contributed by atoms with Crippen LogP contribution in [0.4, 0.5) is 0 Å². The average molecular weight is 214 g/mol. The van der Waals surface area contributed by atoms with Crippen LogP contribution in [0.2, 0.25) is 0 Å². The Morgan fingerprint density at radius 2 is 1.93 bits per heavy atom. The van der Waals surface area contributed by atoms with E-state index in [0.29, 0.717) is 12.1 Å². The SMILES string of the molecule is NC1CCC(NCC2COCCO2)CC1. The van der Waals surface area contributed by atoms with Gasteiger partial charge in [0, 0.05) is 18.6 Å². The van der Waals surface area contributed by atoms with Crippen molar-refractivity contribution in [2.45, 2.75) is 43.9 Å². The van der Waals surface area contributed by atoms with E-state index in [9.17, 15) is 0 Å². The molecule has 0 amide bonds. The van der Waals surface area contributed by atoms with Crippen LogP contribution in [0.3, 0.4) is 0 Å². The van der Waals surface area contributed by atoms with E-state index in [0.717, 1.165) is 39.2 Å². The molecule has 0 aromatic rings. The van der Waals surface area contributed by atoms with E-state index in [1.54, 1.807) is 0 Å². The van der Waals surface area contributed by atoms with Crippen LogP contribution in [0.5, 0.6) is 0 Å². The Morgan fingerprint density at radius 1 is 1.13 bits per heavy atom. The Morgan fingerprint density at radius 3 is 2.60 bits per heavy atom. The molecule has 2 rings (SSSR count). The number of nitrogens with two attached hydrogens (primary N) is 1. The first kappa shape index (κ1) is 11.3. The van der Waals surface area contributed by atoms with Gasteiger partial charge in [0.25, 0.3) is 0 Å². The highest BCUT2D eigenvalue weighted by Crippen LogP contribution is 2.16. The second-order valence-electron chi connectivity index (χ2n) is 4.59. The zero-order valence-electron chi connectivity index (χ0n) is 9.28. The number of hydrogen-bond donors (Lipinski definition) is 2. The Labute approximate surface area is 91.5 Å². The number of nitrogens with one attached hydrogen (secondary N) is 1. The summed E-state index contributed by atoms with van der Waals surface area (Å²) in [7, 11) is 0. The predicted octanol–water partition coefficient (Wildman–Crippen LogP) is 0.261. The fourth-order valence-electron chi connectivity index (χ4n) is 2.28. The van der Waals surface area contributed by atoms with Crippen molar-refractivity contribution in [3.8, 4) is 0 Å². The molecule has 0 radical (unpaired) electrons. The van der Waals surface area contributed by atoms with Crippen molar-refractivity contribution in [2.75, 3.05) is 26.4 Å². The molecule has 0 aromatic heterocycles. The van der Waals surface area contributed by atoms with Gasteiger partial charge in [0.15, 0.2) is 0 Å². The Hall–Kier alpha value is -0.160. The molecule has 1 saturated carbocycles. The third-order valence-electron chi connectivity index (χ3n) is 3.29. The van der Waals surface area contributed by atoms with E-state index in [1.165, 1.54) is 12.8 Å². The van der Waals surface area contributed by atoms with Gasteiger partial charge >= 0.3 is 0 Å². The van der Waals surface area contributed by atoms with Gasteiger partial charge in [-0.05, 0) is 25.7 Å². The van der Waals surface area contributed by atoms with Gasteiger partial charge in [-0.1, -0.05) is 0 Å². The molecule has 0 bridgehead atoms. The summed E-state index contributed by atoms with van der Waals surface area (Å²) < 4.78 is 10.9. The summed E-state index contributed by atoms with van der Waals surface area (Å²) in [4.78, 5) is 0. The minimum atomic E-state index is 0.245. The Balaban J connectivity index is 1.60. The van der Waals surface area contributed by atoms with E-state index in [1.807, 2.05) is 0 Å². The van der Waals surface area contributed by atoms with Gasteiger partial charge in [-0.3, -0.25) is 0 Å². The van der Waals surface area contributed by atoms with Gasteiger partial charge in [0.05, 0.1) is 25.9 Å². The van der Waals surface area contributed by atoms with Crippen LogP contribution in [0.25, 0.3) is 0 Å². The summed E-state index contributed by atoms with van der Waals surface area (Å²) in [6, 6.07) is 1.06. The lowest BCUT2D eigenvalue weighted by atomic mass is 9.92. The van der Waals surface area contributed by atoms with Crippen molar-refractivity contribution < 1.29 is 9.47 Å². The van der Waals surface area contributed by atoms with Crippen LogP contribution in [-0.4, -0.2) is 44.6 Å². The van der Waals surface area contributed by atoms with E-state index in [4.69, 9.17) is 15.2 Å². The molecule has 4 nitrogen and oxygen atoms in total. The molecule has 1 saturated heterocycles. The molecule has 2 fully saturated rings. The molecule has 2 aliphatic rings. The number of hydrogen-bond acceptors (Lipinski definition) is 4. The first-order chi connectivity index (χ1) is 7.34. The maximum Gasteiger partial charge on any atom is 0.0933 e. The third kappa shape index (κ3) is 3.72. The van der Waals surface area contributed by atoms with E-state index >= 15 is 0 Å². The van der Waals surface area contributed by atoms with Crippen LogP contribution in [0.15, 0.2) is 0 Å². The number of rotatable bonds is 3. The standard InChI is InChI=1S/C11H22N2O2/c12-9-1-3-10(4-2-9)13-7-11-8-14-5-6-15-11/h9-11,13H,1-8,12H2. The van der Waals surface area contributed by atoms with Crippen LogP contribution in [-0.2, 0) is 9.47 Å². The molecule has 3 N–H and O–H groups in total. The highest BCUT2D eigenvalue weighted by Gasteiger charge is 2.20. The van der Waals surface area contributed by atoms with Crippen molar-refractivity contribution in [3.05, 3.63) is 0 Å². The van der Waals surface area contributed by atoms with Gasteiger partial charge in [-0.25, -0.2) is 0 Å². The lowest BCUT2D eigenvalue weighted by Crippen LogP contribution is -2.44. The highest BCUT2D eigenvalue weighted by molar-refractivity contribution is 4.79. The van der Waals surface area contributed by atoms with Gasteiger partial charge < -0.3 is 20.5 Å². The summed E-state index contributed by atoms with van der Waals surface area (Å²) in [5.74, 6) is 0. The summed E-state index contributed by atoms with van der Waals surface area (Å²) in [6.07, 6.45) is 4.96. The lowest BCUT2D eigenvalue weighted by Gasteiger charge is -2.29. The molecule has 1 aliphatic heterocycles. The predicted molar refractivity (Wildman–Crippen MR) is 58.8 cm³/mol. The van der Waals surface area contributed by atoms with Crippen molar-refractivity contribution in [1.82, 2.24) is 5.32 Å². The molecule has 4 heteroatoms. The van der Waals surface area contributed by atoms with Crippen molar-refractivity contribution >= 4 is 0 Å². The largest absolute Gasteiger partial charge is 0.376 e. The van der Waals surface area contributed by atoms with E-state index in [-0.39, 0.29) is 6.10 Å². The molecular weight excluding hydrogens is 192 g/mol. The molecule has 15 heavy (non-hydrogen) atoms. The molecule has 1 unspecified atom stereocenters. The summed E-state index contributed by atoms with van der Waals surface area (Å²) in [6.45, 7) is 3.13. The van der Waals surface area contributed by atoms with Crippen LogP contribution in [0.1, 0.15) is 25.7 Å². The topological polar surface area (TPSA) is 56.5 Å². The summed E-state index contributed by atoms with van der Waals surface area (Å²) >= 11 is 0. The van der Waals surface area contributed by atoms with E-state index < -0.39 is 0 Å². The molecule has 88 valence electrons. The zero-order chi connectivity index (χ0) is 10.5. The minimum absolute atomic E-state index is 0.245. The van der Waals surface area contributed by atoms with E-state index in [2.05, 4.69) is 5.32 Å². The minimum Gasteiger partial charge on any atom is -0.376 e. The highest BCUT2D eigenvalue weighted by atomic mass is 16.6. The molecular formula is C11H22N2O2. The molecule has 1 aliphatic carbocycles. The van der Waals surface area contributed by atoms with Crippen molar-refractivity contribution in [2.24, 2.45) is 5.73 Å². The molecule has 0 spiro atoms. The maximum atomic E-state index is 5.86. The van der Waals surface area contributed by atoms with Crippen molar-refractivity contribution in [3.63, 3.8) is 0 Å². The Bertz CT molecular complexity index is 175. The van der Waals surface area contributed by atoms with Gasteiger partial charge in [-0.2, -0.15) is 0 Å². The third-order valence-corrected chi connectivity index (χ3v) is 3.29. The van der Waals surface area contributed by atoms with Crippen LogP contribution < -0.4 is 11.1 Å². The van der Waals surface area contributed by atoms with Crippen LogP contribution >= 0.6 is 0 Å². The lowest BCUT2D eigenvalue weighted by molar-refractivity contribution is -0.0873. The maximum absolute atomic E-state index is 5.86. The molecule has 0 aromatic carbocycles. The monoisotopic (exact) mass is 214 g/mol. The second kappa shape index (κ2) is 5.80. The second-order valence-corrected chi connectivity index (χ2v) is 4.59. The first-order valence-corrected chi connectivity index (χ1v) is 6.03. The smallest absolute Gasteiger partial charge is 0.0933 e. The van der Waals surface area contributed by atoms with Gasteiger partial charge in [-0.15, -0.1) is 0 Å². The summed E-state index contributed by atoms with van der Waals surface area (Å²) in [5.41, 5.74) is 5.86. The molecule has 1 heterocycles. The van der Waals surface area contributed by atoms with Gasteiger partial charge in [0.2, 0.25) is 0 Å². The Kier molecular flexibility index (Phi) is 4.38. The molecule has 1 atom stereocenters. The fraction of sp³-hybridized carbons (Fsp3) is 1.00. The first-order valence-electron chi connectivity index (χ1n) is 6.03. The normalized spacial score (nSPS) is 37.8. The quantitative estimate of drug-likeness (QED) is 0.707. The average Bonchev–Trinajstić information content (AvgIpc) is 2.30. The fourth-order valence-corrected chi connectivity index (χ4v) is 2.28. The van der Waals surface area contributed by atoms with Gasteiger partial charge in [0.1, 0.15) is 0 Å². The van der Waals surface area contributed by atoms with Crippen molar-refractivity contribution in [1.29, 1.82) is 0 Å².